The summed E-state index contributed by atoms with van der Waals surface area (Å²) in [6, 6.07) is 5.51. The number of nitrogens with one attached hydrogen (secondary N) is 3. The minimum absolute atomic E-state index is 0.0424. The third-order valence-corrected chi connectivity index (χ3v) is 3.86. The number of hydrogen-bond donors (Lipinski definition) is 4. The molecule has 0 aliphatic carbocycles. The molecular formula is C16H14ClF3N6O. The number of nitrogens with zero attached hydrogens (tertiary/aromatic N) is 3. The second-order valence-corrected chi connectivity index (χ2v) is 5.87. The summed E-state index contributed by atoms with van der Waals surface area (Å²) in [5.74, 6) is -0.140. The molecule has 0 aliphatic heterocycles. The van der Waals surface area contributed by atoms with Gasteiger partial charge in [-0.1, -0.05) is 16.8 Å². The van der Waals surface area contributed by atoms with Gasteiger partial charge in [0, 0.05) is 17.4 Å². The molecule has 2 heterocycles. The predicted molar refractivity (Wildman–Crippen MR) is 95.0 cm³/mol. The molecule has 0 spiro atoms. The lowest BCUT2D eigenvalue weighted by Gasteiger charge is -2.09. The number of amidine groups is 1. The van der Waals surface area contributed by atoms with Gasteiger partial charge in [0.05, 0.1) is 23.6 Å². The molecule has 0 saturated carbocycles. The van der Waals surface area contributed by atoms with Crippen LogP contribution in [0.25, 0.3) is 11.2 Å². The zero-order valence-corrected chi connectivity index (χ0v) is 14.4. The number of imidazole rings is 1. The van der Waals surface area contributed by atoms with Crippen LogP contribution in [0.5, 0.6) is 0 Å². The van der Waals surface area contributed by atoms with Crippen molar-refractivity contribution in [3.8, 4) is 0 Å². The van der Waals surface area contributed by atoms with Crippen LogP contribution < -0.4 is 10.6 Å². The number of hydrogen-bond acceptors (Lipinski definition) is 5. The third-order valence-electron chi connectivity index (χ3n) is 3.57. The molecule has 3 rings (SSSR count). The number of alkyl halides is 2. The number of H-pyrrole nitrogens is 1. The Hall–Kier alpha value is -2.85. The molecule has 0 atom stereocenters. The van der Waals surface area contributed by atoms with Crippen LogP contribution in [-0.4, -0.2) is 39.0 Å². The number of halogens is 4. The highest BCUT2D eigenvalue weighted by Gasteiger charge is 2.15. The normalized spacial score (nSPS) is 12.1. The summed E-state index contributed by atoms with van der Waals surface area (Å²) in [5, 5.41) is 17.9. The van der Waals surface area contributed by atoms with Gasteiger partial charge in [0.15, 0.2) is 11.5 Å². The fourth-order valence-electron chi connectivity index (χ4n) is 2.40. The lowest BCUT2D eigenvalue weighted by Crippen LogP contribution is -2.21. The van der Waals surface area contributed by atoms with Crippen LogP contribution in [0.1, 0.15) is 11.4 Å². The molecule has 0 radical (unpaired) electrons. The Labute approximate surface area is 156 Å². The van der Waals surface area contributed by atoms with E-state index in [1.807, 2.05) is 0 Å². The van der Waals surface area contributed by atoms with Crippen molar-refractivity contribution in [2.75, 3.05) is 11.9 Å². The maximum atomic E-state index is 13.3. The van der Waals surface area contributed by atoms with Crippen molar-refractivity contribution < 1.29 is 18.4 Å². The minimum atomic E-state index is -2.47. The molecule has 0 saturated heterocycles. The van der Waals surface area contributed by atoms with Crippen molar-refractivity contribution in [3.63, 3.8) is 0 Å². The Morgan fingerprint density at radius 1 is 1.33 bits per heavy atom. The maximum absolute atomic E-state index is 13.3. The Balaban J connectivity index is 1.87. The van der Waals surface area contributed by atoms with Gasteiger partial charge in [0.25, 0.3) is 6.43 Å². The molecule has 11 heteroatoms. The van der Waals surface area contributed by atoms with Gasteiger partial charge in [-0.05, 0) is 24.3 Å². The number of rotatable bonds is 6. The number of anilines is 1. The molecule has 27 heavy (non-hydrogen) atoms. The third kappa shape index (κ3) is 4.47. The molecule has 7 nitrogen and oxygen atoms in total. The van der Waals surface area contributed by atoms with Gasteiger partial charge in [-0.3, -0.25) is 0 Å². The molecule has 0 aliphatic rings. The van der Waals surface area contributed by atoms with Crippen LogP contribution >= 0.6 is 11.6 Å². The maximum Gasteiger partial charge on any atom is 0.250 e. The van der Waals surface area contributed by atoms with Crippen LogP contribution in [0.3, 0.4) is 0 Å². The lowest BCUT2D eigenvalue weighted by molar-refractivity contribution is 0.145. The largest absolute Gasteiger partial charge is 0.409 e. The van der Waals surface area contributed by atoms with E-state index >= 15 is 0 Å². The number of oxime groups is 1. The first-order valence-electron chi connectivity index (χ1n) is 7.75. The van der Waals surface area contributed by atoms with Crippen molar-refractivity contribution in [2.24, 2.45) is 5.16 Å². The number of aromatic amines is 1. The number of fused-ring (bicyclic) bond motifs is 1. The molecule has 4 N–H and O–H groups in total. The Morgan fingerprint density at radius 3 is 2.85 bits per heavy atom. The summed E-state index contributed by atoms with van der Waals surface area (Å²) in [6.07, 6.45) is -1.01. The molecule has 142 valence electrons. The summed E-state index contributed by atoms with van der Waals surface area (Å²) in [7, 11) is 0. The van der Waals surface area contributed by atoms with Gasteiger partial charge in [-0.25, -0.2) is 23.1 Å². The fraction of sp³-hybridized carbons (Fsp3) is 0.188. The smallest absolute Gasteiger partial charge is 0.250 e. The van der Waals surface area contributed by atoms with Crippen molar-refractivity contribution >= 4 is 34.3 Å². The zero-order chi connectivity index (χ0) is 19.4. The topological polar surface area (TPSA) is 98.2 Å². The summed E-state index contributed by atoms with van der Waals surface area (Å²) in [6.45, 7) is -0.375. The molecule has 1 aromatic carbocycles. The zero-order valence-electron chi connectivity index (χ0n) is 13.7. The van der Waals surface area contributed by atoms with E-state index in [1.165, 1.54) is 24.4 Å². The number of aromatic nitrogens is 3. The van der Waals surface area contributed by atoms with Crippen molar-refractivity contribution in [1.82, 2.24) is 20.3 Å². The SMILES string of the molecule is O/N=C(\Nc1ccc(F)c(Cl)c1)c1ccnc2nc(CNCC(F)F)[nH]c12. The second-order valence-electron chi connectivity index (χ2n) is 5.47. The van der Waals surface area contributed by atoms with Crippen molar-refractivity contribution in [3.05, 3.63) is 52.7 Å². The van der Waals surface area contributed by atoms with Gasteiger partial charge >= 0.3 is 0 Å². The highest BCUT2D eigenvalue weighted by molar-refractivity contribution is 6.31. The van der Waals surface area contributed by atoms with Gasteiger partial charge in [-0.15, -0.1) is 0 Å². The average Bonchev–Trinajstić information content (AvgIpc) is 3.05. The van der Waals surface area contributed by atoms with E-state index < -0.39 is 18.8 Å². The van der Waals surface area contributed by atoms with Crippen LogP contribution in [0.15, 0.2) is 35.6 Å². The fourth-order valence-corrected chi connectivity index (χ4v) is 2.58. The monoisotopic (exact) mass is 398 g/mol. The molecule has 0 fully saturated rings. The van der Waals surface area contributed by atoms with E-state index in [4.69, 9.17) is 11.6 Å². The minimum Gasteiger partial charge on any atom is -0.409 e. The number of benzene rings is 1. The highest BCUT2D eigenvalue weighted by atomic mass is 35.5. The van der Waals surface area contributed by atoms with Crippen molar-refractivity contribution in [2.45, 2.75) is 13.0 Å². The molecule has 3 aromatic rings. The van der Waals surface area contributed by atoms with Gasteiger partial charge in [0.2, 0.25) is 0 Å². The highest BCUT2D eigenvalue weighted by Crippen LogP contribution is 2.21. The number of pyridine rings is 1. The predicted octanol–water partition coefficient (Wildman–Crippen LogP) is 3.35. The Kier molecular flexibility index (Phi) is 5.77. The first-order valence-corrected chi connectivity index (χ1v) is 8.12. The standard InChI is InChI=1S/C16H14ClF3N6O/c17-10-5-8(1-2-11(10)18)23-15(26-27)9-3-4-22-16-14(9)24-13(25-16)7-21-6-12(19)20/h1-5,12,21,27H,6-7H2,(H,23,26)(H,22,24,25). The van der Waals surface area contributed by atoms with Gasteiger partial charge < -0.3 is 20.8 Å². The van der Waals surface area contributed by atoms with Gasteiger partial charge in [-0.2, -0.15) is 0 Å². The summed E-state index contributed by atoms with van der Waals surface area (Å²) in [4.78, 5) is 11.3. The van der Waals surface area contributed by atoms with Crippen LogP contribution in [0.4, 0.5) is 18.9 Å². The van der Waals surface area contributed by atoms with E-state index in [2.05, 4.69) is 30.7 Å². The first kappa shape index (κ1) is 18.9. The van der Waals surface area contributed by atoms with E-state index in [0.29, 0.717) is 28.2 Å². The van der Waals surface area contributed by atoms with E-state index in [1.54, 1.807) is 6.07 Å². The molecule has 2 aromatic heterocycles. The lowest BCUT2D eigenvalue weighted by atomic mass is 10.2. The Bertz CT molecular complexity index is 978. The van der Waals surface area contributed by atoms with Crippen LogP contribution in [0, 0.1) is 5.82 Å². The molecular weight excluding hydrogens is 385 g/mol. The summed E-state index contributed by atoms with van der Waals surface area (Å²) in [5.41, 5.74) is 1.59. The first-order chi connectivity index (χ1) is 13.0. The summed E-state index contributed by atoms with van der Waals surface area (Å²) >= 11 is 5.75. The second kappa shape index (κ2) is 8.23. The van der Waals surface area contributed by atoms with E-state index in [9.17, 15) is 18.4 Å². The van der Waals surface area contributed by atoms with E-state index in [-0.39, 0.29) is 17.4 Å². The van der Waals surface area contributed by atoms with Crippen LogP contribution in [-0.2, 0) is 6.54 Å². The average molecular weight is 399 g/mol. The van der Waals surface area contributed by atoms with Crippen LogP contribution in [0.2, 0.25) is 5.02 Å². The molecule has 0 unspecified atom stereocenters. The molecule has 0 amide bonds. The molecule has 0 bridgehead atoms. The van der Waals surface area contributed by atoms with E-state index in [0.717, 1.165) is 0 Å². The van der Waals surface area contributed by atoms with Gasteiger partial charge in [0.1, 0.15) is 11.6 Å². The quantitative estimate of drug-likeness (QED) is 0.221. The van der Waals surface area contributed by atoms with Crippen molar-refractivity contribution in [1.29, 1.82) is 0 Å². The summed E-state index contributed by atoms with van der Waals surface area (Å²) < 4.78 is 37.7. The Morgan fingerprint density at radius 2 is 2.15 bits per heavy atom.